The van der Waals surface area contributed by atoms with E-state index in [-0.39, 0.29) is 0 Å². The predicted molar refractivity (Wildman–Crippen MR) is 140 cm³/mol. The molecule has 0 saturated carbocycles. The third kappa shape index (κ3) is 6.72. The van der Waals surface area contributed by atoms with Gasteiger partial charge in [0.1, 0.15) is 11.4 Å². The molecule has 3 heterocycles. The fourth-order valence-electron chi connectivity index (χ4n) is 3.65. The average molecular weight is 570 g/mol. The van der Waals surface area contributed by atoms with Gasteiger partial charge in [-0.1, -0.05) is 52.4 Å². The quantitative estimate of drug-likeness (QED) is 0.203. The zero-order valence-electron chi connectivity index (χ0n) is 17.8. The van der Waals surface area contributed by atoms with Gasteiger partial charge in [-0.15, -0.1) is 32.9 Å². The van der Waals surface area contributed by atoms with E-state index in [1.165, 1.54) is 79.8 Å². The third-order valence-electron chi connectivity index (χ3n) is 5.29. The molecule has 0 fully saturated rings. The summed E-state index contributed by atoms with van der Waals surface area (Å²) in [5.74, 6) is 0. The molecule has 0 unspecified atom stereocenters. The number of halogens is 2. The molecule has 0 saturated heterocycles. The first-order chi connectivity index (χ1) is 14.6. The van der Waals surface area contributed by atoms with Crippen LogP contribution in [0.3, 0.4) is 0 Å². The second-order valence-corrected chi connectivity index (χ2v) is 12.6. The lowest BCUT2D eigenvalue weighted by molar-refractivity contribution is 0.667. The zero-order chi connectivity index (χ0) is 21.3. The Morgan fingerprint density at radius 2 is 1.10 bits per heavy atom. The summed E-state index contributed by atoms with van der Waals surface area (Å²) in [6.45, 7) is 4.51. The van der Waals surface area contributed by atoms with Gasteiger partial charge in [-0.3, -0.25) is 0 Å². The molecule has 6 heteroatoms. The first kappa shape index (κ1) is 24.1. The van der Waals surface area contributed by atoms with E-state index in [9.17, 15) is 0 Å². The number of unbranched alkanes of at least 4 members (excludes halogenated alkanes) is 6. The van der Waals surface area contributed by atoms with Crippen molar-refractivity contribution in [2.45, 2.75) is 78.1 Å². The summed E-state index contributed by atoms with van der Waals surface area (Å²) in [5.41, 5.74) is 4.75. The molecular weight excluding hydrogens is 540 g/mol. The number of nitrogens with zero attached hydrogens (tertiary/aromatic N) is 2. The van der Waals surface area contributed by atoms with Gasteiger partial charge in [-0.05, 0) is 92.9 Å². The summed E-state index contributed by atoms with van der Waals surface area (Å²) < 4.78 is 2.34. The number of aryl methyl sites for hydroxylation is 2. The lowest BCUT2D eigenvalue weighted by Crippen LogP contribution is -1.93. The number of rotatable bonds is 12. The predicted octanol–water partition coefficient (Wildman–Crippen LogP) is 9.70. The van der Waals surface area contributed by atoms with Crippen LogP contribution in [0.2, 0.25) is 0 Å². The monoisotopic (exact) mass is 568 g/mol. The van der Waals surface area contributed by atoms with Crippen LogP contribution in [0.4, 0.5) is 0 Å². The second kappa shape index (κ2) is 12.5. The second-order valence-electron chi connectivity index (χ2n) is 7.73. The summed E-state index contributed by atoms with van der Waals surface area (Å²) in [4.78, 5) is 2.51. The number of hydrogen-bond donors (Lipinski definition) is 0. The normalized spacial score (nSPS) is 11.3. The van der Waals surface area contributed by atoms with Gasteiger partial charge >= 0.3 is 0 Å². The highest BCUT2D eigenvalue weighted by Gasteiger charge is 2.15. The number of thiophene rings is 2. The molecule has 0 atom stereocenters. The highest BCUT2D eigenvalue weighted by atomic mass is 79.9. The Morgan fingerprint density at radius 3 is 1.47 bits per heavy atom. The number of aromatic nitrogens is 2. The molecule has 0 radical (unpaired) electrons. The van der Waals surface area contributed by atoms with Crippen molar-refractivity contribution in [3.05, 3.63) is 43.0 Å². The van der Waals surface area contributed by atoms with Crippen LogP contribution >= 0.6 is 54.5 Å². The van der Waals surface area contributed by atoms with Gasteiger partial charge < -0.3 is 0 Å². The Hall–Kier alpha value is -0.560. The number of hydrogen-bond acceptors (Lipinski definition) is 4. The minimum absolute atomic E-state index is 0.986. The minimum Gasteiger partial charge on any atom is -0.149 e. The van der Waals surface area contributed by atoms with Crippen LogP contribution in [-0.2, 0) is 12.8 Å². The van der Waals surface area contributed by atoms with Gasteiger partial charge in [0, 0.05) is 0 Å². The summed E-state index contributed by atoms with van der Waals surface area (Å²) in [5, 5.41) is 9.27. The first-order valence-electron chi connectivity index (χ1n) is 11.0. The molecule has 3 aromatic heterocycles. The smallest absolute Gasteiger partial charge is 0.103 e. The zero-order valence-corrected chi connectivity index (χ0v) is 22.7. The molecule has 0 aliphatic rings. The molecule has 0 N–H and O–H groups in total. The van der Waals surface area contributed by atoms with Crippen molar-refractivity contribution >= 4 is 54.5 Å². The van der Waals surface area contributed by atoms with Crippen molar-refractivity contribution in [3.8, 4) is 21.1 Å². The van der Waals surface area contributed by atoms with E-state index in [0.29, 0.717) is 0 Å². The van der Waals surface area contributed by atoms with E-state index in [2.05, 4.69) is 80.2 Å². The van der Waals surface area contributed by atoms with Crippen LogP contribution in [-0.4, -0.2) is 10.2 Å². The topological polar surface area (TPSA) is 25.8 Å². The van der Waals surface area contributed by atoms with Crippen LogP contribution in [0.5, 0.6) is 0 Å². The van der Waals surface area contributed by atoms with E-state index >= 15 is 0 Å². The molecule has 0 amide bonds. The van der Waals surface area contributed by atoms with Crippen molar-refractivity contribution in [1.29, 1.82) is 0 Å². The highest BCUT2D eigenvalue weighted by molar-refractivity contribution is 9.11. The lowest BCUT2D eigenvalue weighted by Gasteiger charge is -2.06. The van der Waals surface area contributed by atoms with Gasteiger partial charge in [-0.2, -0.15) is 0 Å². The summed E-state index contributed by atoms with van der Waals surface area (Å²) in [7, 11) is 0. The molecule has 0 aliphatic heterocycles. The van der Waals surface area contributed by atoms with Gasteiger partial charge in [0.2, 0.25) is 0 Å². The van der Waals surface area contributed by atoms with Gasteiger partial charge in [0.15, 0.2) is 0 Å². The molecule has 0 spiro atoms. The molecule has 3 rings (SSSR count). The van der Waals surface area contributed by atoms with Crippen molar-refractivity contribution in [3.63, 3.8) is 0 Å². The van der Waals surface area contributed by atoms with Crippen molar-refractivity contribution in [1.82, 2.24) is 10.2 Å². The molecule has 2 nitrogen and oxygen atoms in total. The Balaban J connectivity index is 1.75. The average Bonchev–Trinajstić information content (AvgIpc) is 3.31. The minimum atomic E-state index is 0.986. The molecule has 0 aliphatic carbocycles. The largest absolute Gasteiger partial charge is 0.149 e. The summed E-state index contributed by atoms with van der Waals surface area (Å²) >= 11 is 10.9. The summed E-state index contributed by atoms with van der Waals surface area (Å²) in [6, 6.07) is 8.80. The lowest BCUT2D eigenvalue weighted by atomic mass is 10.0. The van der Waals surface area contributed by atoms with Crippen molar-refractivity contribution < 1.29 is 0 Å². The van der Waals surface area contributed by atoms with Gasteiger partial charge in [-0.25, -0.2) is 0 Å². The third-order valence-corrected chi connectivity index (χ3v) is 8.69. The standard InChI is InChI=1S/C24H30Br2N2S2/c1-3-5-7-9-11-17-15-21(25)29-23(17)19-13-14-20(28-27-19)24-18(16-22(26)30-24)12-10-8-6-4-2/h13-16H,3-12H2,1-2H3. The van der Waals surface area contributed by atoms with Gasteiger partial charge in [0.25, 0.3) is 0 Å². The van der Waals surface area contributed by atoms with E-state index < -0.39 is 0 Å². The Morgan fingerprint density at radius 1 is 0.667 bits per heavy atom. The molecular formula is C24H30Br2N2S2. The molecule has 3 aromatic rings. The van der Waals surface area contributed by atoms with Crippen molar-refractivity contribution in [2.75, 3.05) is 0 Å². The van der Waals surface area contributed by atoms with E-state index in [1.54, 1.807) is 22.7 Å². The Bertz CT molecular complexity index is 841. The maximum atomic E-state index is 4.63. The Labute approximate surface area is 205 Å². The van der Waals surface area contributed by atoms with Crippen molar-refractivity contribution in [2.24, 2.45) is 0 Å². The van der Waals surface area contributed by atoms with Gasteiger partial charge in [0.05, 0.1) is 17.3 Å². The molecule has 162 valence electrons. The van der Waals surface area contributed by atoms with Crippen LogP contribution in [0.1, 0.15) is 76.3 Å². The maximum Gasteiger partial charge on any atom is 0.103 e. The molecule has 0 bridgehead atoms. The highest BCUT2D eigenvalue weighted by Crippen LogP contribution is 2.38. The molecule has 30 heavy (non-hydrogen) atoms. The fourth-order valence-corrected chi connectivity index (χ4v) is 6.98. The SMILES string of the molecule is CCCCCCc1cc(Br)sc1-c1ccc(-c2sc(Br)cc2CCCCCC)nn1. The summed E-state index contributed by atoms with van der Waals surface area (Å²) in [6.07, 6.45) is 12.4. The van der Waals surface area contributed by atoms with Crippen LogP contribution in [0.25, 0.3) is 21.1 Å². The first-order valence-corrected chi connectivity index (χ1v) is 14.2. The van der Waals surface area contributed by atoms with Crippen LogP contribution in [0.15, 0.2) is 31.8 Å². The van der Waals surface area contributed by atoms with E-state index in [4.69, 9.17) is 0 Å². The van der Waals surface area contributed by atoms with Crippen LogP contribution < -0.4 is 0 Å². The Kier molecular flexibility index (Phi) is 10.0. The fraction of sp³-hybridized carbons (Fsp3) is 0.500. The van der Waals surface area contributed by atoms with E-state index in [1.807, 2.05) is 0 Å². The van der Waals surface area contributed by atoms with Crippen LogP contribution in [0, 0.1) is 0 Å². The van der Waals surface area contributed by atoms with E-state index in [0.717, 1.165) is 24.2 Å². The maximum absolute atomic E-state index is 4.63. The molecule has 0 aromatic carbocycles.